The van der Waals surface area contributed by atoms with Crippen LogP contribution in [0.3, 0.4) is 0 Å². The monoisotopic (exact) mass is 486 g/mol. The Morgan fingerprint density at radius 1 is 0.971 bits per heavy atom. The second kappa shape index (κ2) is 11.7. The average molecular weight is 487 g/mol. The number of ether oxygens (including phenoxy) is 1. The quantitative estimate of drug-likeness (QED) is 0.276. The number of benzene rings is 3. The number of nitrogens with zero attached hydrogens (tertiary/aromatic N) is 3. The molecule has 1 N–H and O–H groups in total. The predicted octanol–water partition coefficient (Wildman–Crippen LogP) is 6.05. The van der Waals surface area contributed by atoms with Crippen LogP contribution in [0.5, 0.6) is 5.75 Å². The molecule has 0 atom stereocenters. The number of aromatic nitrogens is 3. The number of hydrogen-bond acceptors (Lipinski definition) is 5. The summed E-state index contributed by atoms with van der Waals surface area (Å²) in [6.07, 6.45) is 0.837. The van der Waals surface area contributed by atoms with Gasteiger partial charge >= 0.3 is 0 Å². The van der Waals surface area contributed by atoms with Gasteiger partial charge in [0.2, 0.25) is 5.91 Å². The Kier molecular flexibility index (Phi) is 8.21. The summed E-state index contributed by atoms with van der Waals surface area (Å²) in [7, 11) is 1.65. The summed E-state index contributed by atoms with van der Waals surface area (Å²) in [4.78, 5) is 12.8. The molecule has 1 amide bonds. The van der Waals surface area contributed by atoms with Crippen molar-refractivity contribution in [2.24, 2.45) is 0 Å². The lowest BCUT2D eigenvalue weighted by Gasteiger charge is -2.14. The molecular weight excluding hydrogens is 456 g/mol. The van der Waals surface area contributed by atoms with Gasteiger partial charge in [0.05, 0.1) is 12.9 Å². The average Bonchev–Trinajstić information content (AvgIpc) is 3.29. The van der Waals surface area contributed by atoms with Crippen LogP contribution in [0.25, 0.3) is 11.4 Å². The van der Waals surface area contributed by atoms with Gasteiger partial charge in [0.15, 0.2) is 11.0 Å². The van der Waals surface area contributed by atoms with Gasteiger partial charge in [-0.2, -0.15) is 0 Å². The highest BCUT2D eigenvalue weighted by molar-refractivity contribution is 7.99. The zero-order valence-corrected chi connectivity index (χ0v) is 21.1. The maximum atomic E-state index is 12.8. The summed E-state index contributed by atoms with van der Waals surface area (Å²) in [5.41, 5.74) is 4.17. The lowest BCUT2D eigenvalue weighted by molar-refractivity contribution is -0.113. The number of nitrogens with one attached hydrogen (secondary N) is 1. The topological polar surface area (TPSA) is 69.0 Å². The minimum atomic E-state index is -0.0632. The van der Waals surface area contributed by atoms with Crippen LogP contribution < -0.4 is 10.1 Å². The van der Waals surface area contributed by atoms with Gasteiger partial charge in [-0.1, -0.05) is 74.1 Å². The fraction of sp³-hybridized carbons (Fsp3) is 0.250. The third kappa shape index (κ3) is 6.31. The first-order valence-corrected chi connectivity index (χ1v) is 12.7. The molecule has 0 spiro atoms. The third-order valence-electron chi connectivity index (χ3n) is 5.72. The number of carbonyl (C=O) groups excluding carboxylic acids is 1. The van der Waals surface area contributed by atoms with Crippen LogP contribution >= 0.6 is 11.8 Å². The number of hydrogen-bond donors (Lipinski definition) is 1. The molecule has 0 fully saturated rings. The maximum Gasteiger partial charge on any atom is 0.234 e. The van der Waals surface area contributed by atoms with Crippen molar-refractivity contribution in [3.05, 3.63) is 90.0 Å². The van der Waals surface area contributed by atoms with Crippen LogP contribution in [0.15, 0.2) is 84.0 Å². The molecule has 7 heteroatoms. The van der Waals surface area contributed by atoms with Gasteiger partial charge in [-0.25, -0.2) is 0 Å². The van der Waals surface area contributed by atoms with Crippen molar-refractivity contribution in [1.29, 1.82) is 0 Å². The van der Waals surface area contributed by atoms with Crippen LogP contribution in [0.2, 0.25) is 0 Å². The first-order valence-electron chi connectivity index (χ1n) is 11.7. The van der Waals surface area contributed by atoms with Gasteiger partial charge in [0, 0.05) is 17.8 Å². The van der Waals surface area contributed by atoms with Crippen molar-refractivity contribution < 1.29 is 9.53 Å². The highest BCUT2D eigenvalue weighted by atomic mass is 32.2. The van der Waals surface area contributed by atoms with Crippen LogP contribution in [0, 0.1) is 0 Å². The molecule has 4 rings (SSSR count). The SMILES string of the molecule is COc1ccc(-c2nnc(SCC(=O)Nc3ccccc3C(C)C)n2CCc2ccccc2)cc1. The number of carbonyl (C=O) groups is 1. The number of amides is 1. The van der Waals surface area contributed by atoms with Crippen molar-refractivity contribution >= 4 is 23.4 Å². The number of para-hydroxylation sites is 1. The summed E-state index contributed by atoms with van der Waals surface area (Å²) in [6.45, 7) is 4.95. The third-order valence-corrected chi connectivity index (χ3v) is 6.69. The second-order valence-corrected chi connectivity index (χ2v) is 9.44. The van der Waals surface area contributed by atoms with Crippen LogP contribution in [0.1, 0.15) is 30.9 Å². The molecule has 0 radical (unpaired) electrons. The molecule has 0 saturated carbocycles. The summed E-state index contributed by atoms with van der Waals surface area (Å²) < 4.78 is 7.38. The smallest absolute Gasteiger partial charge is 0.234 e. The molecule has 0 saturated heterocycles. The summed E-state index contributed by atoms with van der Waals surface area (Å²) in [6, 6.07) is 26.0. The number of methoxy groups -OCH3 is 1. The molecule has 0 bridgehead atoms. The minimum absolute atomic E-state index is 0.0632. The van der Waals surface area contributed by atoms with E-state index in [1.54, 1.807) is 7.11 Å². The van der Waals surface area contributed by atoms with E-state index in [0.717, 1.165) is 40.0 Å². The highest BCUT2D eigenvalue weighted by Crippen LogP contribution is 2.27. The number of rotatable bonds is 10. The van der Waals surface area contributed by atoms with Crippen molar-refractivity contribution in [3.8, 4) is 17.1 Å². The van der Waals surface area contributed by atoms with Crippen LogP contribution in [-0.4, -0.2) is 33.5 Å². The molecule has 3 aromatic carbocycles. The molecular formula is C28H30N4O2S. The van der Waals surface area contributed by atoms with E-state index in [-0.39, 0.29) is 11.7 Å². The van der Waals surface area contributed by atoms with E-state index in [9.17, 15) is 4.79 Å². The molecule has 0 aliphatic carbocycles. The molecule has 0 aliphatic heterocycles. The van der Waals surface area contributed by atoms with Crippen molar-refractivity contribution in [1.82, 2.24) is 14.8 Å². The Labute approximate surface area is 210 Å². The van der Waals surface area contributed by atoms with Crippen LogP contribution in [0.4, 0.5) is 5.69 Å². The van der Waals surface area contributed by atoms with E-state index in [1.165, 1.54) is 17.3 Å². The fourth-order valence-electron chi connectivity index (χ4n) is 3.87. The Morgan fingerprint density at radius 3 is 2.40 bits per heavy atom. The zero-order valence-electron chi connectivity index (χ0n) is 20.3. The first kappa shape index (κ1) is 24.5. The highest BCUT2D eigenvalue weighted by Gasteiger charge is 2.17. The first-order chi connectivity index (χ1) is 17.0. The molecule has 1 heterocycles. The Bertz CT molecular complexity index is 1250. The molecule has 0 aliphatic rings. The van der Waals surface area contributed by atoms with Gasteiger partial charge in [0.1, 0.15) is 5.75 Å². The van der Waals surface area contributed by atoms with Gasteiger partial charge < -0.3 is 14.6 Å². The van der Waals surface area contributed by atoms with E-state index < -0.39 is 0 Å². The van der Waals surface area contributed by atoms with E-state index in [4.69, 9.17) is 4.74 Å². The molecule has 4 aromatic rings. The largest absolute Gasteiger partial charge is 0.497 e. The van der Waals surface area contributed by atoms with Gasteiger partial charge in [0.25, 0.3) is 0 Å². The summed E-state index contributed by atoms with van der Waals surface area (Å²) in [5, 5.41) is 12.7. The fourth-order valence-corrected chi connectivity index (χ4v) is 4.63. The Hall–Kier alpha value is -3.58. The molecule has 6 nitrogen and oxygen atoms in total. The Morgan fingerprint density at radius 2 is 1.69 bits per heavy atom. The number of thioether (sulfide) groups is 1. The van der Waals surface area contributed by atoms with E-state index in [0.29, 0.717) is 12.5 Å². The molecule has 1 aromatic heterocycles. The van der Waals surface area contributed by atoms with Crippen LogP contribution in [-0.2, 0) is 17.8 Å². The molecule has 0 unspecified atom stereocenters. The predicted molar refractivity (Wildman–Crippen MR) is 142 cm³/mol. The van der Waals surface area contributed by atoms with Gasteiger partial charge in [-0.15, -0.1) is 10.2 Å². The van der Waals surface area contributed by atoms with E-state index >= 15 is 0 Å². The van der Waals surface area contributed by atoms with E-state index in [2.05, 4.69) is 52.1 Å². The van der Waals surface area contributed by atoms with Crippen molar-refractivity contribution in [2.45, 2.75) is 37.9 Å². The summed E-state index contributed by atoms with van der Waals surface area (Å²) in [5.74, 6) is 2.08. The van der Waals surface area contributed by atoms with Gasteiger partial charge in [-0.05, 0) is 53.8 Å². The van der Waals surface area contributed by atoms with E-state index in [1.807, 2.05) is 60.7 Å². The number of anilines is 1. The molecule has 180 valence electrons. The van der Waals surface area contributed by atoms with Crippen molar-refractivity contribution in [3.63, 3.8) is 0 Å². The minimum Gasteiger partial charge on any atom is -0.497 e. The lowest BCUT2D eigenvalue weighted by atomic mass is 10.0. The normalized spacial score (nSPS) is 11.0. The number of aryl methyl sites for hydroxylation is 1. The Balaban J connectivity index is 1.52. The lowest BCUT2D eigenvalue weighted by Crippen LogP contribution is -2.16. The second-order valence-electron chi connectivity index (χ2n) is 8.50. The molecule has 35 heavy (non-hydrogen) atoms. The zero-order chi connectivity index (χ0) is 24.6. The maximum absolute atomic E-state index is 12.8. The standard InChI is InChI=1S/C28H30N4O2S/c1-20(2)24-11-7-8-12-25(24)29-26(33)19-35-28-31-30-27(22-13-15-23(34-3)16-14-22)32(28)18-17-21-9-5-4-6-10-21/h4-16,20H,17-19H2,1-3H3,(H,29,33). The van der Waals surface area contributed by atoms with Gasteiger partial charge in [-0.3, -0.25) is 4.79 Å². The van der Waals surface area contributed by atoms with Crippen molar-refractivity contribution in [2.75, 3.05) is 18.2 Å². The summed E-state index contributed by atoms with van der Waals surface area (Å²) >= 11 is 1.40.